The number of halogens is 1. The van der Waals surface area contributed by atoms with Gasteiger partial charge in [-0.05, 0) is 47.2 Å². The zero-order valence-electron chi connectivity index (χ0n) is 10.5. The number of benzene rings is 1. The Hall–Kier alpha value is -1.27. The molecule has 2 aromatic rings. The van der Waals surface area contributed by atoms with Crippen LogP contribution >= 0.6 is 15.9 Å². The maximum Gasteiger partial charge on any atom is 0.170 e. The third kappa shape index (κ3) is 3.36. The fourth-order valence-electron chi connectivity index (χ4n) is 1.57. The van der Waals surface area contributed by atoms with Crippen LogP contribution in [-0.2, 0) is 6.54 Å². The molecule has 1 heterocycles. The van der Waals surface area contributed by atoms with E-state index in [0.29, 0.717) is 12.5 Å². The summed E-state index contributed by atoms with van der Waals surface area (Å²) in [4.78, 5) is 0. The van der Waals surface area contributed by atoms with Gasteiger partial charge in [0.25, 0.3) is 0 Å². The minimum atomic E-state index is 0.613. The Morgan fingerprint density at radius 2 is 2.00 bits per heavy atom. The lowest BCUT2D eigenvalue weighted by Gasteiger charge is -2.07. The first-order valence-electron chi connectivity index (χ1n) is 5.90. The van der Waals surface area contributed by atoms with Gasteiger partial charge in [0.15, 0.2) is 5.82 Å². The third-order valence-electron chi connectivity index (χ3n) is 2.44. The summed E-state index contributed by atoms with van der Waals surface area (Å²) in [5, 5.41) is 15.1. The van der Waals surface area contributed by atoms with Gasteiger partial charge in [0.2, 0.25) is 0 Å². The maximum atomic E-state index is 4.04. The minimum absolute atomic E-state index is 0.613. The molecule has 0 radical (unpaired) electrons. The Balaban J connectivity index is 2.10. The number of hydrogen-bond acceptors (Lipinski definition) is 4. The quantitative estimate of drug-likeness (QED) is 0.919. The molecule has 0 amide bonds. The SMILES string of the molecule is CC(C)CNCc1nnnn1-c1ccc(Br)cc1. The molecule has 1 aromatic heterocycles. The highest BCUT2D eigenvalue weighted by atomic mass is 79.9. The Bertz CT molecular complexity index is 491. The fourth-order valence-corrected chi connectivity index (χ4v) is 1.84. The molecular weight excluding hydrogens is 294 g/mol. The van der Waals surface area contributed by atoms with Crippen LogP contribution in [0.5, 0.6) is 0 Å². The first kappa shape index (κ1) is 13.2. The van der Waals surface area contributed by atoms with Crippen LogP contribution in [-0.4, -0.2) is 26.8 Å². The average Bonchev–Trinajstić information content (AvgIpc) is 2.78. The molecule has 1 aromatic carbocycles. The number of aromatic nitrogens is 4. The zero-order chi connectivity index (χ0) is 13.0. The van der Waals surface area contributed by atoms with E-state index in [1.165, 1.54) is 0 Å². The lowest BCUT2D eigenvalue weighted by molar-refractivity contribution is 0.537. The van der Waals surface area contributed by atoms with Gasteiger partial charge < -0.3 is 5.32 Å². The van der Waals surface area contributed by atoms with E-state index in [1.54, 1.807) is 4.68 Å². The lowest BCUT2D eigenvalue weighted by atomic mass is 10.2. The molecule has 0 saturated heterocycles. The van der Waals surface area contributed by atoms with Crippen molar-refractivity contribution in [1.82, 2.24) is 25.5 Å². The first-order chi connectivity index (χ1) is 8.66. The van der Waals surface area contributed by atoms with Crippen LogP contribution in [0.15, 0.2) is 28.7 Å². The van der Waals surface area contributed by atoms with E-state index < -0.39 is 0 Å². The molecule has 96 valence electrons. The van der Waals surface area contributed by atoms with Crippen LogP contribution in [0.2, 0.25) is 0 Å². The summed E-state index contributed by atoms with van der Waals surface area (Å²) in [6.07, 6.45) is 0. The molecule has 0 aliphatic rings. The Kier molecular flexibility index (Phi) is 4.43. The van der Waals surface area contributed by atoms with Gasteiger partial charge in [-0.1, -0.05) is 29.8 Å². The predicted molar refractivity (Wildman–Crippen MR) is 73.4 cm³/mol. The van der Waals surface area contributed by atoms with Crippen LogP contribution in [0.4, 0.5) is 0 Å². The van der Waals surface area contributed by atoms with Crippen molar-refractivity contribution < 1.29 is 0 Å². The highest BCUT2D eigenvalue weighted by Gasteiger charge is 2.07. The second-order valence-electron chi connectivity index (χ2n) is 4.51. The van der Waals surface area contributed by atoms with Crippen molar-refractivity contribution in [2.75, 3.05) is 6.54 Å². The standard InChI is InChI=1S/C12H16BrN5/c1-9(2)7-14-8-12-15-16-17-18(12)11-5-3-10(13)4-6-11/h3-6,9,14H,7-8H2,1-2H3. The van der Waals surface area contributed by atoms with Crippen LogP contribution in [0, 0.1) is 5.92 Å². The summed E-state index contributed by atoms with van der Waals surface area (Å²) in [6.45, 7) is 5.96. The molecule has 0 bridgehead atoms. The summed E-state index contributed by atoms with van der Waals surface area (Å²) >= 11 is 3.41. The Morgan fingerprint density at radius 3 is 2.67 bits per heavy atom. The van der Waals surface area contributed by atoms with Gasteiger partial charge in [0, 0.05) is 4.47 Å². The molecule has 5 nitrogen and oxygen atoms in total. The Labute approximate surface area is 115 Å². The van der Waals surface area contributed by atoms with Crippen LogP contribution in [0.25, 0.3) is 5.69 Å². The van der Waals surface area contributed by atoms with Gasteiger partial charge >= 0.3 is 0 Å². The smallest absolute Gasteiger partial charge is 0.170 e. The van der Waals surface area contributed by atoms with Gasteiger partial charge in [0.1, 0.15) is 0 Å². The predicted octanol–water partition coefficient (Wildman–Crippen LogP) is 2.17. The molecule has 18 heavy (non-hydrogen) atoms. The number of hydrogen-bond donors (Lipinski definition) is 1. The van der Waals surface area contributed by atoms with Crippen molar-refractivity contribution >= 4 is 15.9 Å². The molecule has 0 atom stereocenters. The normalized spacial score (nSPS) is 11.1. The molecule has 0 aliphatic carbocycles. The average molecular weight is 310 g/mol. The van der Waals surface area contributed by atoms with E-state index in [0.717, 1.165) is 22.5 Å². The number of rotatable bonds is 5. The molecular formula is C12H16BrN5. The van der Waals surface area contributed by atoms with Gasteiger partial charge in [-0.15, -0.1) is 5.10 Å². The molecule has 0 spiro atoms. The number of nitrogens with one attached hydrogen (secondary N) is 1. The van der Waals surface area contributed by atoms with Crippen molar-refractivity contribution in [3.8, 4) is 5.69 Å². The van der Waals surface area contributed by atoms with E-state index >= 15 is 0 Å². The van der Waals surface area contributed by atoms with Gasteiger partial charge in [-0.2, -0.15) is 4.68 Å². The largest absolute Gasteiger partial charge is 0.310 e. The van der Waals surface area contributed by atoms with Crippen molar-refractivity contribution in [2.45, 2.75) is 20.4 Å². The minimum Gasteiger partial charge on any atom is -0.310 e. The highest BCUT2D eigenvalue weighted by Crippen LogP contribution is 2.13. The van der Waals surface area contributed by atoms with E-state index in [2.05, 4.69) is 50.6 Å². The lowest BCUT2D eigenvalue weighted by Crippen LogP contribution is -2.21. The third-order valence-corrected chi connectivity index (χ3v) is 2.97. The number of nitrogens with zero attached hydrogens (tertiary/aromatic N) is 4. The van der Waals surface area contributed by atoms with E-state index in [4.69, 9.17) is 0 Å². The molecule has 6 heteroatoms. The second kappa shape index (κ2) is 6.06. The fraction of sp³-hybridized carbons (Fsp3) is 0.417. The van der Waals surface area contributed by atoms with Crippen molar-refractivity contribution in [1.29, 1.82) is 0 Å². The topological polar surface area (TPSA) is 55.6 Å². The highest BCUT2D eigenvalue weighted by molar-refractivity contribution is 9.10. The summed E-state index contributed by atoms with van der Waals surface area (Å²) in [7, 11) is 0. The van der Waals surface area contributed by atoms with Gasteiger partial charge in [-0.25, -0.2) is 0 Å². The Morgan fingerprint density at radius 1 is 1.28 bits per heavy atom. The number of tetrazole rings is 1. The van der Waals surface area contributed by atoms with Crippen LogP contribution in [0.3, 0.4) is 0 Å². The summed E-state index contributed by atoms with van der Waals surface area (Å²) in [6, 6.07) is 7.91. The van der Waals surface area contributed by atoms with Crippen LogP contribution in [0.1, 0.15) is 19.7 Å². The van der Waals surface area contributed by atoms with E-state index in [9.17, 15) is 0 Å². The zero-order valence-corrected chi connectivity index (χ0v) is 12.1. The van der Waals surface area contributed by atoms with E-state index in [-0.39, 0.29) is 0 Å². The van der Waals surface area contributed by atoms with Gasteiger partial charge in [-0.3, -0.25) is 0 Å². The van der Waals surface area contributed by atoms with Crippen molar-refractivity contribution in [2.24, 2.45) is 5.92 Å². The summed E-state index contributed by atoms with van der Waals surface area (Å²) in [5.41, 5.74) is 0.963. The monoisotopic (exact) mass is 309 g/mol. The van der Waals surface area contributed by atoms with Crippen molar-refractivity contribution in [3.63, 3.8) is 0 Å². The molecule has 2 rings (SSSR count). The van der Waals surface area contributed by atoms with Gasteiger partial charge in [0.05, 0.1) is 12.2 Å². The summed E-state index contributed by atoms with van der Waals surface area (Å²) < 4.78 is 2.79. The molecule has 1 N–H and O–H groups in total. The van der Waals surface area contributed by atoms with Crippen molar-refractivity contribution in [3.05, 3.63) is 34.6 Å². The van der Waals surface area contributed by atoms with Crippen LogP contribution < -0.4 is 5.32 Å². The maximum absolute atomic E-state index is 4.04. The molecule has 0 unspecified atom stereocenters. The molecule has 0 aliphatic heterocycles. The summed E-state index contributed by atoms with van der Waals surface area (Å²) in [5.74, 6) is 1.43. The molecule has 0 fully saturated rings. The van der Waals surface area contributed by atoms with E-state index in [1.807, 2.05) is 24.3 Å². The first-order valence-corrected chi connectivity index (χ1v) is 6.70. The second-order valence-corrected chi connectivity index (χ2v) is 5.42. The molecule has 0 saturated carbocycles.